The van der Waals surface area contributed by atoms with E-state index < -0.39 is 17.5 Å². The molecule has 0 aliphatic rings. The molecule has 4 heteroatoms. The van der Waals surface area contributed by atoms with Crippen LogP contribution >= 0.6 is 12.1 Å². The number of hydrogen-bond acceptors (Lipinski definition) is 2. The Morgan fingerprint density at radius 1 is 1.80 bits per heavy atom. The van der Waals surface area contributed by atoms with E-state index >= 15 is 0 Å². The van der Waals surface area contributed by atoms with Crippen LogP contribution in [-0.2, 0) is 0 Å². The molecular weight excluding hydrogens is 98.1 g/mol. The molecule has 0 spiro atoms. The minimum Gasteiger partial charge on any atom is -0.245 e. The van der Waals surface area contributed by atoms with Crippen LogP contribution in [0.5, 0.6) is 0 Å². The monoisotopic (exact) mass is 98.0 g/mol. The SMILES string of the molecule is O=C(F)SF. The van der Waals surface area contributed by atoms with Gasteiger partial charge >= 0.3 is 5.37 Å². The van der Waals surface area contributed by atoms with Gasteiger partial charge in [-0.2, -0.15) is 3.89 Å². The van der Waals surface area contributed by atoms with Crippen LogP contribution in [0.4, 0.5) is 13.1 Å². The van der Waals surface area contributed by atoms with Gasteiger partial charge in [-0.15, -0.1) is 4.39 Å². The maximum Gasteiger partial charge on any atom is 0.391 e. The summed E-state index contributed by atoms with van der Waals surface area (Å²) < 4.78 is 20.7. The first-order chi connectivity index (χ1) is 2.27. The van der Waals surface area contributed by atoms with Crippen LogP contribution in [0.25, 0.3) is 0 Å². The lowest BCUT2D eigenvalue weighted by Gasteiger charge is -1.60. The van der Waals surface area contributed by atoms with E-state index in [-0.39, 0.29) is 0 Å². The molecule has 1 nitrogen and oxygen atoms in total. The second kappa shape index (κ2) is 2.14. The molecule has 0 fully saturated rings. The summed E-state index contributed by atoms with van der Waals surface area (Å²) in [6.07, 6.45) is 0. The molecule has 0 aliphatic heterocycles. The van der Waals surface area contributed by atoms with Gasteiger partial charge in [0.2, 0.25) is 0 Å². The molecule has 0 aliphatic carbocycles. The van der Waals surface area contributed by atoms with Crippen LogP contribution in [0.3, 0.4) is 0 Å². The molecule has 0 bridgehead atoms. The maximum atomic E-state index is 10.4. The van der Waals surface area contributed by atoms with Crippen molar-refractivity contribution in [3.63, 3.8) is 0 Å². The summed E-state index contributed by atoms with van der Waals surface area (Å²) in [5.74, 6) is 0. The lowest BCUT2D eigenvalue weighted by molar-refractivity contribution is 0.244. The Labute approximate surface area is 31.7 Å². The van der Waals surface area contributed by atoms with E-state index in [0.29, 0.717) is 0 Å². The predicted octanol–water partition coefficient (Wildman–Crippen LogP) is 1.69. The first-order valence-electron chi connectivity index (χ1n) is 0.752. The van der Waals surface area contributed by atoms with Crippen molar-refractivity contribution in [2.24, 2.45) is 0 Å². The van der Waals surface area contributed by atoms with Crippen LogP contribution in [0.1, 0.15) is 0 Å². The zero-order valence-corrected chi connectivity index (χ0v) is 2.89. The van der Waals surface area contributed by atoms with Crippen molar-refractivity contribution >= 4 is 17.5 Å². The molecule has 0 radical (unpaired) electrons. The highest BCUT2D eigenvalue weighted by Gasteiger charge is 1.91. The van der Waals surface area contributed by atoms with Crippen LogP contribution in [0, 0.1) is 0 Å². The Kier molecular flexibility index (Phi) is 2.09. The molecule has 0 atom stereocenters. The van der Waals surface area contributed by atoms with Crippen molar-refractivity contribution in [3.05, 3.63) is 0 Å². The molecule has 0 unspecified atom stereocenters. The highest BCUT2D eigenvalue weighted by Crippen LogP contribution is 2.02. The topological polar surface area (TPSA) is 17.1 Å². The van der Waals surface area contributed by atoms with Crippen molar-refractivity contribution < 1.29 is 13.1 Å². The first kappa shape index (κ1) is 4.88. The third-order valence-electron chi connectivity index (χ3n) is 0.0607. The zero-order valence-electron chi connectivity index (χ0n) is 2.07. The third-order valence-corrected chi connectivity index (χ3v) is 0.182. The zero-order chi connectivity index (χ0) is 4.28. The summed E-state index contributed by atoms with van der Waals surface area (Å²) in [5.41, 5.74) is 0. The van der Waals surface area contributed by atoms with Gasteiger partial charge in [-0.25, -0.2) is 4.79 Å². The summed E-state index contributed by atoms with van der Waals surface area (Å²) in [4.78, 5) is 8.73. The van der Waals surface area contributed by atoms with Gasteiger partial charge in [0, 0.05) is 0 Å². The molecular formula is CF2OS. The summed E-state index contributed by atoms with van der Waals surface area (Å²) in [6, 6.07) is 0. The Balaban J connectivity index is 2.85. The van der Waals surface area contributed by atoms with E-state index in [9.17, 15) is 8.28 Å². The van der Waals surface area contributed by atoms with Crippen molar-refractivity contribution in [1.82, 2.24) is 0 Å². The smallest absolute Gasteiger partial charge is 0.245 e. The minimum atomic E-state index is -2.00. The van der Waals surface area contributed by atoms with Crippen molar-refractivity contribution in [2.45, 2.75) is 0 Å². The summed E-state index contributed by atoms with van der Waals surface area (Å²) in [7, 11) is 0. The van der Waals surface area contributed by atoms with Gasteiger partial charge in [0.05, 0.1) is 0 Å². The van der Waals surface area contributed by atoms with Crippen molar-refractivity contribution in [3.8, 4) is 0 Å². The molecule has 0 N–H and O–H groups in total. The van der Waals surface area contributed by atoms with Crippen LogP contribution in [0.15, 0.2) is 0 Å². The Morgan fingerprint density at radius 3 is 2.00 bits per heavy atom. The van der Waals surface area contributed by atoms with Crippen LogP contribution in [-0.4, -0.2) is 5.37 Å². The molecule has 0 rings (SSSR count). The number of hydrogen-bond donors (Lipinski definition) is 0. The van der Waals surface area contributed by atoms with Gasteiger partial charge in [0.25, 0.3) is 0 Å². The lowest BCUT2D eigenvalue weighted by Crippen LogP contribution is -1.59. The van der Waals surface area contributed by atoms with E-state index in [1.165, 1.54) is 0 Å². The number of carbonyl (C=O) groups excluding carboxylic acids is 1. The Bertz CT molecular complexity index is 44.9. The normalized spacial score (nSPS) is 7.60. The Morgan fingerprint density at radius 2 is 2.00 bits per heavy atom. The summed E-state index contributed by atoms with van der Waals surface area (Å²) >= 11 is -0.926. The standard InChI is InChI=1S/CF2OS/c2-1(4)5-3. The van der Waals surface area contributed by atoms with E-state index in [0.717, 1.165) is 0 Å². The fraction of sp³-hybridized carbons (Fsp3) is 0. The first-order valence-corrected chi connectivity index (χ1v) is 1.47. The summed E-state index contributed by atoms with van der Waals surface area (Å²) in [6.45, 7) is 0. The fourth-order valence-electron chi connectivity index (χ4n) is 0. The lowest BCUT2D eigenvalue weighted by atomic mass is 11.7. The molecule has 0 saturated carbocycles. The van der Waals surface area contributed by atoms with E-state index in [1.54, 1.807) is 0 Å². The fourth-order valence-corrected chi connectivity index (χ4v) is 0. The van der Waals surface area contributed by atoms with Crippen molar-refractivity contribution in [1.29, 1.82) is 0 Å². The van der Waals surface area contributed by atoms with Crippen molar-refractivity contribution in [2.75, 3.05) is 0 Å². The van der Waals surface area contributed by atoms with Gasteiger partial charge < -0.3 is 0 Å². The highest BCUT2D eigenvalue weighted by molar-refractivity contribution is 8.08. The molecule has 30 valence electrons. The highest BCUT2D eigenvalue weighted by atomic mass is 32.2. The minimum absolute atomic E-state index is 0.926. The number of rotatable bonds is 0. The molecule has 5 heavy (non-hydrogen) atoms. The Hall–Kier alpha value is -0.120. The molecule has 0 heterocycles. The van der Waals surface area contributed by atoms with Gasteiger partial charge in [-0.3, -0.25) is 0 Å². The number of halogens is 2. The largest absolute Gasteiger partial charge is 0.391 e. The van der Waals surface area contributed by atoms with Crippen LogP contribution in [0.2, 0.25) is 0 Å². The van der Waals surface area contributed by atoms with Gasteiger partial charge in [-0.05, 0) is 0 Å². The van der Waals surface area contributed by atoms with Gasteiger partial charge in [-0.1, -0.05) is 0 Å². The quantitative estimate of drug-likeness (QED) is 0.429. The maximum absolute atomic E-state index is 10.4. The second-order valence-corrected chi connectivity index (χ2v) is 0.790. The molecule has 0 amide bonds. The van der Waals surface area contributed by atoms with E-state index in [1.807, 2.05) is 0 Å². The van der Waals surface area contributed by atoms with Gasteiger partial charge in [0.1, 0.15) is 0 Å². The van der Waals surface area contributed by atoms with Crippen LogP contribution < -0.4 is 0 Å². The predicted molar refractivity (Wildman–Crippen MR) is 15.2 cm³/mol. The average molecular weight is 98.1 g/mol. The summed E-state index contributed by atoms with van der Waals surface area (Å²) in [5, 5.41) is -2.00. The molecule has 0 aromatic heterocycles. The molecule has 0 saturated heterocycles. The number of carbonyl (C=O) groups is 1. The molecule has 0 aromatic rings. The van der Waals surface area contributed by atoms with E-state index in [4.69, 9.17) is 4.79 Å². The average Bonchev–Trinajstić information content (AvgIpc) is 1.38. The van der Waals surface area contributed by atoms with E-state index in [2.05, 4.69) is 0 Å². The van der Waals surface area contributed by atoms with Gasteiger partial charge in [0.15, 0.2) is 12.1 Å². The third kappa shape index (κ3) is 3.88. The molecule has 0 aromatic carbocycles. The second-order valence-electron chi connectivity index (χ2n) is 0.315.